The first-order chi connectivity index (χ1) is 2.00. The van der Waals surface area contributed by atoms with Crippen LogP contribution in [0.2, 0.25) is 0 Å². The second-order valence-corrected chi connectivity index (χ2v) is 1.23. The van der Waals surface area contributed by atoms with Crippen molar-refractivity contribution < 1.29 is 9.05 Å². The molecule has 1 fully saturated rings. The molecule has 1 saturated heterocycles. The second kappa shape index (κ2) is 0.978. The molecular formula is CH3O2P. The van der Waals surface area contributed by atoms with Gasteiger partial charge in [0.25, 0.3) is 0 Å². The number of rotatable bonds is 0. The molecule has 3 heteroatoms. The fourth-order valence-corrected chi connectivity index (χ4v) is 0.177. The maximum atomic E-state index is 4.53. The van der Waals surface area contributed by atoms with Gasteiger partial charge in [-0.25, -0.2) is 0 Å². The van der Waals surface area contributed by atoms with Crippen molar-refractivity contribution in [2.24, 2.45) is 0 Å². The van der Waals surface area contributed by atoms with Gasteiger partial charge >= 0.3 is 0 Å². The van der Waals surface area contributed by atoms with Gasteiger partial charge in [0, 0.05) is 0 Å². The van der Waals surface area contributed by atoms with Gasteiger partial charge in [-0.05, 0) is 0 Å². The minimum absolute atomic E-state index is 0.321. The Morgan fingerprint density at radius 2 is 1.75 bits per heavy atom. The highest BCUT2D eigenvalue weighted by atomic mass is 31.1. The van der Waals surface area contributed by atoms with Crippen LogP contribution in [-0.2, 0) is 9.05 Å². The van der Waals surface area contributed by atoms with Gasteiger partial charge in [-0.3, -0.25) is 0 Å². The van der Waals surface area contributed by atoms with Crippen molar-refractivity contribution in [2.45, 2.75) is 0 Å². The zero-order valence-electron chi connectivity index (χ0n) is 2.02. The Hall–Kier alpha value is 0.350. The lowest BCUT2D eigenvalue weighted by Gasteiger charge is -2.09. The summed E-state index contributed by atoms with van der Waals surface area (Å²) in [5, 5.41) is 0. The predicted molar refractivity (Wildman–Crippen MR) is 15.4 cm³/mol. The fraction of sp³-hybridized carbons (Fsp3) is 1.00. The average Bonchev–Trinajstić information content (AvgIpc) is 0.722. The second-order valence-electron chi connectivity index (χ2n) is 0.490. The molecule has 0 unspecified atom stereocenters. The molecule has 1 aliphatic heterocycles. The Morgan fingerprint density at radius 3 is 1.75 bits per heavy atom. The molecule has 4 heavy (non-hydrogen) atoms. The fourth-order valence-electron chi connectivity index (χ4n) is 0.0589. The quantitative estimate of drug-likeness (QED) is 0.393. The summed E-state index contributed by atoms with van der Waals surface area (Å²) in [5.74, 6) is 0. The van der Waals surface area contributed by atoms with Crippen LogP contribution < -0.4 is 0 Å². The molecule has 0 aromatic carbocycles. The summed E-state index contributed by atoms with van der Waals surface area (Å²) in [6, 6.07) is 0. The first-order valence-corrected chi connectivity index (χ1v) is 1.80. The molecule has 0 N–H and O–H groups in total. The SMILES string of the molecule is C1OPO1. The van der Waals surface area contributed by atoms with Crippen molar-refractivity contribution in [3.05, 3.63) is 0 Å². The maximum Gasteiger partial charge on any atom is 0.159 e. The van der Waals surface area contributed by atoms with Gasteiger partial charge in [0.15, 0.2) is 15.8 Å². The van der Waals surface area contributed by atoms with Gasteiger partial charge in [-0.1, -0.05) is 0 Å². The highest BCUT2D eigenvalue weighted by Crippen LogP contribution is 2.22. The lowest BCUT2D eigenvalue weighted by atomic mass is 11.6. The zero-order chi connectivity index (χ0) is 2.83. The molecule has 2 nitrogen and oxygen atoms in total. The molecular weight excluding hydrogens is 75.0 g/mol. The molecule has 1 heterocycles. The summed E-state index contributed by atoms with van der Waals surface area (Å²) in [4.78, 5) is 0. The Balaban J connectivity index is 2.00. The molecule has 0 radical (unpaired) electrons. The van der Waals surface area contributed by atoms with Gasteiger partial charge in [-0.15, -0.1) is 0 Å². The van der Waals surface area contributed by atoms with E-state index in [0.29, 0.717) is 15.8 Å². The van der Waals surface area contributed by atoms with E-state index in [0.717, 1.165) is 0 Å². The highest BCUT2D eigenvalue weighted by molar-refractivity contribution is 7.27. The van der Waals surface area contributed by atoms with E-state index in [1.54, 1.807) is 0 Å². The van der Waals surface area contributed by atoms with Gasteiger partial charge in [0.05, 0.1) is 0 Å². The van der Waals surface area contributed by atoms with Crippen LogP contribution in [0.5, 0.6) is 0 Å². The Labute approximate surface area is 26.0 Å². The van der Waals surface area contributed by atoms with Crippen LogP contribution in [-0.4, -0.2) is 6.79 Å². The first kappa shape index (κ1) is 2.58. The molecule has 0 aromatic rings. The van der Waals surface area contributed by atoms with Gasteiger partial charge in [0.2, 0.25) is 0 Å². The molecule has 0 aliphatic carbocycles. The van der Waals surface area contributed by atoms with Crippen LogP contribution in [0.4, 0.5) is 0 Å². The number of hydrogen-bond acceptors (Lipinski definition) is 2. The maximum absolute atomic E-state index is 4.53. The zero-order valence-corrected chi connectivity index (χ0v) is 3.02. The van der Waals surface area contributed by atoms with Crippen LogP contribution in [0, 0.1) is 0 Å². The molecule has 0 bridgehead atoms. The van der Waals surface area contributed by atoms with Crippen LogP contribution in [0.15, 0.2) is 0 Å². The Morgan fingerprint density at radius 1 is 1.50 bits per heavy atom. The average molecular weight is 78.0 g/mol. The van der Waals surface area contributed by atoms with E-state index in [-0.39, 0.29) is 0 Å². The van der Waals surface area contributed by atoms with Gasteiger partial charge < -0.3 is 9.05 Å². The Bertz CT molecular complexity index is 14.0. The van der Waals surface area contributed by atoms with E-state index in [2.05, 4.69) is 9.05 Å². The largest absolute Gasteiger partial charge is 0.308 e. The predicted octanol–water partition coefficient (Wildman–Crippen LogP) is 0.499. The summed E-state index contributed by atoms with van der Waals surface area (Å²) < 4.78 is 9.06. The van der Waals surface area contributed by atoms with E-state index >= 15 is 0 Å². The van der Waals surface area contributed by atoms with Crippen LogP contribution >= 0.6 is 9.03 Å². The lowest BCUT2D eigenvalue weighted by molar-refractivity contribution is 0.0539. The smallest absolute Gasteiger partial charge is 0.159 e. The molecule has 0 spiro atoms. The van der Waals surface area contributed by atoms with Crippen LogP contribution in [0.1, 0.15) is 0 Å². The molecule has 0 atom stereocenters. The van der Waals surface area contributed by atoms with Crippen LogP contribution in [0.25, 0.3) is 0 Å². The highest BCUT2D eigenvalue weighted by Gasteiger charge is 1.94. The molecule has 0 amide bonds. The van der Waals surface area contributed by atoms with E-state index in [1.165, 1.54) is 0 Å². The Kier molecular flexibility index (Phi) is 0.631. The molecule has 1 aliphatic rings. The first-order valence-electron chi connectivity index (χ1n) is 0.986. The summed E-state index contributed by atoms with van der Waals surface area (Å²) in [7, 11) is 0.321. The van der Waals surface area contributed by atoms with Crippen molar-refractivity contribution in [1.82, 2.24) is 0 Å². The topological polar surface area (TPSA) is 18.5 Å². The molecule has 0 aromatic heterocycles. The number of hydrogen-bond donors (Lipinski definition) is 0. The van der Waals surface area contributed by atoms with Crippen molar-refractivity contribution >= 4 is 9.03 Å². The van der Waals surface area contributed by atoms with Gasteiger partial charge in [-0.2, -0.15) is 0 Å². The van der Waals surface area contributed by atoms with Gasteiger partial charge in [0.1, 0.15) is 0 Å². The third-order valence-electron chi connectivity index (χ3n) is 0.236. The summed E-state index contributed by atoms with van der Waals surface area (Å²) in [6.45, 7) is 0.512. The third kappa shape index (κ3) is 0.226. The normalized spacial score (nSPS) is 24.0. The van der Waals surface area contributed by atoms with Crippen molar-refractivity contribution in [3.8, 4) is 0 Å². The third-order valence-corrected chi connectivity index (χ3v) is 0.707. The monoisotopic (exact) mass is 78.0 g/mol. The van der Waals surface area contributed by atoms with E-state index in [9.17, 15) is 0 Å². The van der Waals surface area contributed by atoms with Crippen LogP contribution in [0.3, 0.4) is 0 Å². The minimum atomic E-state index is 0.321. The molecule has 1 rings (SSSR count). The standard InChI is InChI=1S/CH3O2P/c1-2-4-3-1/h4H,1H2. The minimum Gasteiger partial charge on any atom is -0.308 e. The molecule has 24 valence electrons. The molecule has 0 saturated carbocycles. The summed E-state index contributed by atoms with van der Waals surface area (Å²) in [5.41, 5.74) is 0. The lowest BCUT2D eigenvalue weighted by Crippen LogP contribution is -1.94. The van der Waals surface area contributed by atoms with Crippen molar-refractivity contribution in [3.63, 3.8) is 0 Å². The van der Waals surface area contributed by atoms with Crippen molar-refractivity contribution in [2.75, 3.05) is 6.79 Å². The summed E-state index contributed by atoms with van der Waals surface area (Å²) in [6.07, 6.45) is 0. The van der Waals surface area contributed by atoms with E-state index < -0.39 is 0 Å². The van der Waals surface area contributed by atoms with Crippen molar-refractivity contribution in [1.29, 1.82) is 0 Å². The van der Waals surface area contributed by atoms with E-state index in [1.807, 2.05) is 0 Å². The van der Waals surface area contributed by atoms with E-state index in [4.69, 9.17) is 0 Å². The summed E-state index contributed by atoms with van der Waals surface area (Å²) >= 11 is 0.